The number of aryl methyl sites for hydroxylation is 1. The van der Waals surface area contributed by atoms with Crippen LogP contribution in [0.15, 0.2) is 54.6 Å². The molecule has 0 aliphatic carbocycles. The lowest BCUT2D eigenvalue weighted by atomic mass is 10.2. The second-order valence-electron chi connectivity index (χ2n) is 7.18. The van der Waals surface area contributed by atoms with E-state index >= 15 is 0 Å². The Labute approximate surface area is 173 Å². The first-order valence-electron chi connectivity index (χ1n) is 9.34. The van der Waals surface area contributed by atoms with Crippen molar-refractivity contribution in [3.8, 4) is 5.69 Å². The fourth-order valence-electron chi connectivity index (χ4n) is 3.34. The quantitative estimate of drug-likeness (QED) is 0.621. The van der Waals surface area contributed by atoms with Gasteiger partial charge < -0.3 is 10.6 Å². The van der Waals surface area contributed by atoms with Gasteiger partial charge in [0.05, 0.1) is 22.9 Å². The van der Waals surface area contributed by atoms with E-state index in [4.69, 9.17) is 0 Å². The highest BCUT2D eigenvalue weighted by Crippen LogP contribution is 2.33. The third kappa shape index (κ3) is 4.11. The van der Waals surface area contributed by atoms with E-state index in [0.717, 1.165) is 11.1 Å². The third-order valence-electron chi connectivity index (χ3n) is 4.77. The molecule has 8 nitrogen and oxygen atoms in total. The van der Waals surface area contributed by atoms with Crippen molar-refractivity contribution in [1.82, 2.24) is 15.1 Å². The summed E-state index contributed by atoms with van der Waals surface area (Å²) in [5.41, 5.74) is 3.31. The summed E-state index contributed by atoms with van der Waals surface area (Å²) < 4.78 is 25.6. The molecule has 0 fully saturated rings. The minimum atomic E-state index is -3.32. The van der Waals surface area contributed by atoms with Gasteiger partial charge in [-0.3, -0.25) is 9.59 Å². The van der Waals surface area contributed by atoms with Gasteiger partial charge in [-0.2, -0.15) is 5.10 Å². The number of sulfone groups is 1. The van der Waals surface area contributed by atoms with Gasteiger partial charge in [0, 0.05) is 12.1 Å². The van der Waals surface area contributed by atoms with Crippen LogP contribution in [0.1, 0.15) is 22.4 Å². The van der Waals surface area contributed by atoms with Gasteiger partial charge in [-0.25, -0.2) is 13.1 Å². The smallest absolute Gasteiger partial charge is 0.314 e. The molecule has 1 aliphatic rings. The summed E-state index contributed by atoms with van der Waals surface area (Å²) in [5, 5.41) is 9.53. The Balaban J connectivity index is 1.59. The molecule has 0 saturated carbocycles. The Bertz CT molecular complexity index is 1230. The van der Waals surface area contributed by atoms with Gasteiger partial charge >= 0.3 is 11.8 Å². The second kappa shape index (κ2) is 7.75. The minimum Gasteiger partial charge on any atom is -0.344 e. The number of amides is 2. The number of carbonyl (C=O) groups is 2. The highest BCUT2D eigenvalue weighted by Gasteiger charge is 2.33. The maximum Gasteiger partial charge on any atom is 0.314 e. The van der Waals surface area contributed by atoms with Crippen LogP contribution in [0.5, 0.6) is 0 Å². The van der Waals surface area contributed by atoms with Crippen LogP contribution in [0.25, 0.3) is 5.69 Å². The van der Waals surface area contributed by atoms with E-state index in [1.165, 1.54) is 4.68 Å². The van der Waals surface area contributed by atoms with Crippen molar-refractivity contribution >= 4 is 27.5 Å². The van der Waals surface area contributed by atoms with Crippen molar-refractivity contribution in [3.63, 3.8) is 0 Å². The van der Waals surface area contributed by atoms with E-state index in [-0.39, 0.29) is 23.9 Å². The number of anilines is 1. The molecule has 0 bridgehead atoms. The third-order valence-corrected chi connectivity index (χ3v) is 6.21. The van der Waals surface area contributed by atoms with Gasteiger partial charge in [0.25, 0.3) is 0 Å². The highest BCUT2D eigenvalue weighted by molar-refractivity contribution is 7.90. The zero-order valence-corrected chi connectivity index (χ0v) is 17.1. The Kier molecular flexibility index (Phi) is 5.13. The van der Waals surface area contributed by atoms with E-state index in [0.29, 0.717) is 16.9 Å². The first-order valence-corrected chi connectivity index (χ1v) is 11.2. The Morgan fingerprint density at radius 3 is 2.53 bits per heavy atom. The van der Waals surface area contributed by atoms with Gasteiger partial charge in [0.15, 0.2) is 9.84 Å². The minimum absolute atomic E-state index is 0.190. The number of nitrogens with zero attached hydrogens (tertiary/aromatic N) is 2. The molecule has 2 heterocycles. The summed E-state index contributed by atoms with van der Waals surface area (Å²) in [6.45, 7) is 2.12. The average molecular weight is 424 g/mol. The van der Waals surface area contributed by atoms with Crippen LogP contribution in [0, 0.1) is 6.92 Å². The summed E-state index contributed by atoms with van der Waals surface area (Å²) in [6.07, 6.45) is 0. The molecular weight excluding hydrogens is 404 g/mol. The van der Waals surface area contributed by atoms with Crippen molar-refractivity contribution in [1.29, 1.82) is 0 Å². The summed E-state index contributed by atoms with van der Waals surface area (Å²) in [6, 6.07) is 16.6. The number of fused-ring (bicyclic) bond motifs is 1. The van der Waals surface area contributed by atoms with Crippen LogP contribution in [0.3, 0.4) is 0 Å². The van der Waals surface area contributed by atoms with Crippen LogP contribution in [-0.2, 0) is 37.5 Å². The number of hydrogen-bond acceptors (Lipinski definition) is 5. The maximum absolute atomic E-state index is 12.5. The first kappa shape index (κ1) is 19.8. The number of aromatic nitrogens is 2. The molecule has 2 aromatic carbocycles. The standard InChI is InChI=1S/C21H20N4O4S/c1-14-6-5-9-16(10-14)25-19(17-12-30(28,29)13-18(17)24-25)23-21(27)20(26)22-11-15-7-3-2-4-8-15/h2-10H,11-13H2,1H3,(H,22,26)(H,23,27). The van der Waals surface area contributed by atoms with Crippen LogP contribution in [-0.4, -0.2) is 30.0 Å². The summed E-state index contributed by atoms with van der Waals surface area (Å²) in [4.78, 5) is 24.8. The Morgan fingerprint density at radius 2 is 1.80 bits per heavy atom. The van der Waals surface area contributed by atoms with E-state index in [1.807, 2.05) is 55.5 Å². The van der Waals surface area contributed by atoms with E-state index in [1.54, 1.807) is 6.07 Å². The molecule has 1 aromatic heterocycles. The van der Waals surface area contributed by atoms with Crippen molar-refractivity contribution in [2.24, 2.45) is 0 Å². The van der Waals surface area contributed by atoms with E-state index in [9.17, 15) is 18.0 Å². The molecule has 0 unspecified atom stereocenters. The van der Waals surface area contributed by atoms with E-state index < -0.39 is 21.7 Å². The van der Waals surface area contributed by atoms with Crippen molar-refractivity contribution in [2.75, 3.05) is 5.32 Å². The van der Waals surface area contributed by atoms with Gasteiger partial charge in [0.1, 0.15) is 5.82 Å². The fourth-order valence-corrected chi connectivity index (χ4v) is 4.83. The SMILES string of the molecule is Cc1cccc(-n2nc3c(c2NC(=O)C(=O)NCc2ccccc2)CS(=O)(=O)C3)c1. The normalized spacial score (nSPS) is 14.2. The van der Waals surface area contributed by atoms with Crippen LogP contribution in [0.4, 0.5) is 5.82 Å². The molecular formula is C21H20N4O4S. The number of nitrogens with one attached hydrogen (secondary N) is 2. The van der Waals surface area contributed by atoms with Gasteiger partial charge in [0.2, 0.25) is 0 Å². The summed E-state index contributed by atoms with van der Waals surface area (Å²) in [5.74, 6) is -1.91. The summed E-state index contributed by atoms with van der Waals surface area (Å²) >= 11 is 0. The molecule has 2 N–H and O–H groups in total. The number of benzene rings is 2. The average Bonchev–Trinajstić information content (AvgIpc) is 3.19. The van der Waals surface area contributed by atoms with E-state index in [2.05, 4.69) is 15.7 Å². The molecule has 4 rings (SSSR count). The molecule has 0 radical (unpaired) electrons. The van der Waals surface area contributed by atoms with Crippen LogP contribution >= 0.6 is 0 Å². The molecule has 2 amide bonds. The van der Waals surface area contributed by atoms with Gasteiger partial charge in [-0.15, -0.1) is 0 Å². The molecule has 1 aliphatic heterocycles. The second-order valence-corrected chi connectivity index (χ2v) is 9.24. The molecule has 3 aromatic rings. The number of rotatable bonds is 4. The summed E-state index contributed by atoms with van der Waals surface area (Å²) in [7, 11) is -3.32. The predicted octanol–water partition coefficient (Wildman–Crippen LogP) is 1.86. The largest absolute Gasteiger partial charge is 0.344 e. The molecule has 154 valence electrons. The number of carbonyl (C=O) groups excluding carboxylic acids is 2. The van der Waals surface area contributed by atoms with Crippen LogP contribution in [0.2, 0.25) is 0 Å². The Morgan fingerprint density at radius 1 is 1.03 bits per heavy atom. The maximum atomic E-state index is 12.5. The first-order chi connectivity index (χ1) is 14.3. The lowest BCUT2D eigenvalue weighted by molar-refractivity contribution is -0.136. The predicted molar refractivity (Wildman–Crippen MR) is 112 cm³/mol. The van der Waals surface area contributed by atoms with Crippen molar-refractivity contribution < 1.29 is 18.0 Å². The topological polar surface area (TPSA) is 110 Å². The molecule has 9 heteroatoms. The zero-order valence-electron chi connectivity index (χ0n) is 16.3. The Hall–Kier alpha value is -3.46. The molecule has 0 saturated heterocycles. The lowest BCUT2D eigenvalue weighted by Crippen LogP contribution is -2.35. The highest BCUT2D eigenvalue weighted by atomic mass is 32.2. The van der Waals surface area contributed by atoms with Gasteiger partial charge in [-0.05, 0) is 30.2 Å². The van der Waals surface area contributed by atoms with Gasteiger partial charge in [-0.1, -0.05) is 42.5 Å². The number of hydrogen-bond donors (Lipinski definition) is 2. The molecule has 0 spiro atoms. The molecule has 0 atom stereocenters. The van der Waals surface area contributed by atoms with Crippen LogP contribution < -0.4 is 10.6 Å². The molecule has 30 heavy (non-hydrogen) atoms. The zero-order chi connectivity index (χ0) is 21.3. The monoisotopic (exact) mass is 424 g/mol. The van der Waals surface area contributed by atoms with Crippen molar-refractivity contribution in [3.05, 3.63) is 77.0 Å². The lowest BCUT2D eigenvalue weighted by Gasteiger charge is -2.12. The fraction of sp³-hybridized carbons (Fsp3) is 0.190. The van der Waals surface area contributed by atoms with Crippen molar-refractivity contribution in [2.45, 2.75) is 25.0 Å².